The number of benzene rings is 1. The molecule has 8 nitrogen and oxygen atoms in total. The number of furan rings is 1. The summed E-state index contributed by atoms with van der Waals surface area (Å²) in [7, 11) is -3.94. The first-order valence-electron chi connectivity index (χ1n) is 10.9. The molecule has 0 aliphatic carbocycles. The second-order valence-corrected chi connectivity index (χ2v) is 10.6. The molecule has 0 saturated carbocycles. The number of sulfonamides is 1. The Bertz CT molecular complexity index is 1020. The average molecular weight is 498 g/mol. The van der Waals surface area contributed by atoms with Crippen molar-refractivity contribution in [3.63, 3.8) is 0 Å². The fourth-order valence-corrected chi connectivity index (χ4v) is 4.21. The summed E-state index contributed by atoms with van der Waals surface area (Å²) >= 11 is 5.83. The molecule has 33 heavy (non-hydrogen) atoms. The van der Waals surface area contributed by atoms with Crippen molar-refractivity contribution in [1.82, 2.24) is 14.9 Å². The molecule has 0 spiro atoms. The molecule has 2 N–H and O–H groups in total. The molecule has 10 heteroatoms. The van der Waals surface area contributed by atoms with Crippen molar-refractivity contribution in [3.8, 4) is 0 Å². The molecular formula is C23H32ClN3O5S. The van der Waals surface area contributed by atoms with Gasteiger partial charge in [-0.3, -0.25) is 9.59 Å². The summed E-state index contributed by atoms with van der Waals surface area (Å²) < 4.78 is 33.0. The number of hydrogen-bond acceptors (Lipinski definition) is 5. The van der Waals surface area contributed by atoms with Gasteiger partial charge in [0.2, 0.25) is 21.8 Å². The first-order chi connectivity index (χ1) is 15.5. The van der Waals surface area contributed by atoms with Crippen LogP contribution in [-0.2, 0) is 26.2 Å². The Labute approximate surface area is 200 Å². The van der Waals surface area contributed by atoms with Crippen LogP contribution in [0.4, 0.5) is 0 Å². The molecule has 1 atom stereocenters. The zero-order valence-corrected chi connectivity index (χ0v) is 21.0. The number of carbonyl (C=O) groups excluding carboxylic acids is 2. The van der Waals surface area contributed by atoms with Crippen molar-refractivity contribution >= 4 is 33.4 Å². The molecule has 0 aliphatic rings. The lowest BCUT2D eigenvalue weighted by molar-refractivity contribution is -0.141. The minimum atomic E-state index is -3.94. The van der Waals surface area contributed by atoms with E-state index in [1.807, 2.05) is 27.7 Å². The molecule has 1 aromatic carbocycles. The van der Waals surface area contributed by atoms with Crippen LogP contribution in [0.5, 0.6) is 0 Å². The van der Waals surface area contributed by atoms with E-state index in [1.54, 1.807) is 12.1 Å². The maximum absolute atomic E-state index is 13.2. The average Bonchev–Trinajstić information content (AvgIpc) is 3.28. The summed E-state index contributed by atoms with van der Waals surface area (Å²) in [5, 5.41) is 3.40. The third-order valence-electron chi connectivity index (χ3n) is 5.35. The number of nitrogens with one attached hydrogen (secondary N) is 2. The van der Waals surface area contributed by atoms with Crippen molar-refractivity contribution in [3.05, 3.63) is 53.4 Å². The van der Waals surface area contributed by atoms with Gasteiger partial charge in [-0.1, -0.05) is 31.9 Å². The quantitative estimate of drug-likeness (QED) is 0.464. The molecule has 2 aromatic rings. The van der Waals surface area contributed by atoms with E-state index in [2.05, 4.69) is 10.0 Å². The van der Waals surface area contributed by atoms with Crippen LogP contribution in [0.2, 0.25) is 5.02 Å². The normalized spacial score (nSPS) is 12.9. The Morgan fingerprint density at radius 2 is 1.82 bits per heavy atom. The van der Waals surface area contributed by atoms with Crippen molar-refractivity contribution < 1.29 is 22.4 Å². The zero-order chi connectivity index (χ0) is 24.6. The minimum Gasteiger partial charge on any atom is -0.467 e. The van der Waals surface area contributed by atoms with Crippen molar-refractivity contribution in [1.29, 1.82) is 0 Å². The predicted octanol–water partition coefficient (Wildman–Crippen LogP) is 3.71. The van der Waals surface area contributed by atoms with Gasteiger partial charge in [-0.2, -0.15) is 0 Å². The molecule has 0 bridgehead atoms. The van der Waals surface area contributed by atoms with Gasteiger partial charge in [-0.15, -0.1) is 0 Å². The molecule has 2 rings (SSSR count). The van der Waals surface area contributed by atoms with Crippen molar-refractivity contribution in [2.24, 2.45) is 0 Å². The SMILES string of the molecule is CCC[C@H](C(=O)NC(C)(C)CC)N(Cc1ccco1)C(=O)CNS(=O)(=O)c1ccc(Cl)cc1. The summed E-state index contributed by atoms with van der Waals surface area (Å²) in [5.41, 5.74) is -0.446. The highest BCUT2D eigenvalue weighted by atomic mass is 35.5. The van der Waals surface area contributed by atoms with E-state index in [-0.39, 0.29) is 17.3 Å². The van der Waals surface area contributed by atoms with Crippen molar-refractivity contribution in [2.75, 3.05) is 6.54 Å². The summed E-state index contributed by atoms with van der Waals surface area (Å²) in [4.78, 5) is 27.7. The third-order valence-corrected chi connectivity index (χ3v) is 7.02. The largest absolute Gasteiger partial charge is 0.467 e. The molecule has 0 radical (unpaired) electrons. The summed E-state index contributed by atoms with van der Waals surface area (Å²) in [6.07, 6.45) is 3.27. The molecular weight excluding hydrogens is 466 g/mol. The van der Waals surface area contributed by atoms with Crippen LogP contribution >= 0.6 is 11.6 Å². The van der Waals surface area contributed by atoms with E-state index < -0.39 is 34.1 Å². The molecule has 0 saturated heterocycles. The van der Waals surface area contributed by atoms with Gasteiger partial charge in [0, 0.05) is 10.6 Å². The number of carbonyl (C=O) groups is 2. The molecule has 0 unspecified atom stereocenters. The van der Waals surface area contributed by atoms with E-state index in [1.165, 1.54) is 35.4 Å². The maximum Gasteiger partial charge on any atom is 0.243 e. The molecule has 0 aliphatic heterocycles. The summed E-state index contributed by atoms with van der Waals surface area (Å²) in [5.74, 6) is -0.330. The monoisotopic (exact) mass is 497 g/mol. The van der Waals surface area contributed by atoms with E-state index in [4.69, 9.17) is 16.0 Å². The van der Waals surface area contributed by atoms with Crippen molar-refractivity contribution in [2.45, 2.75) is 70.0 Å². The van der Waals surface area contributed by atoms with E-state index in [0.29, 0.717) is 30.0 Å². The summed E-state index contributed by atoms with van der Waals surface area (Å²) in [6, 6.07) is 8.24. The highest BCUT2D eigenvalue weighted by molar-refractivity contribution is 7.89. The van der Waals surface area contributed by atoms with Gasteiger partial charge in [0.1, 0.15) is 11.8 Å². The first kappa shape index (κ1) is 26.9. The second kappa shape index (κ2) is 11.7. The molecule has 1 heterocycles. The standard InChI is InChI=1S/C23H32ClN3O5S/c1-5-8-20(22(29)26-23(3,4)6-2)27(16-18-9-7-14-32-18)21(28)15-25-33(30,31)19-12-10-17(24)11-13-19/h7,9-14,20,25H,5-6,8,15-16H2,1-4H3,(H,26,29)/t20-/m1/s1. The number of nitrogens with zero attached hydrogens (tertiary/aromatic N) is 1. The Kier molecular flexibility index (Phi) is 9.51. The molecule has 182 valence electrons. The van der Waals surface area contributed by atoms with Gasteiger partial charge in [0.25, 0.3) is 0 Å². The number of hydrogen-bond donors (Lipinski definition) is 2. The van der Waals surface area contributed by atoms with E-state index in [9.17, 15) is 18.0 Å². The Hall–Kier alpha value is -2.36. The van der Waals surface area contributed by atoms with E-state index in [0.717, 1.165) is 0 Å². The van der Waals surface area contributed by atoms with Gasteiger partial charge in [-0.25, -0.2) is 13.1 Å². The lowest BCUT2D eigenvalue weighted by Crippen LogP contribution is -2.55. The van der Waals surface area contributed by atoms with Gasteiger partial charge in [0.15, 0.2) is 0 Å². The molecule has 1 aromatic heterocycles. The summed E-state index contributed by atoms with van der Waals surface area (Å²) in [6.45, 7) is 7.24. The highest BCUT2D eigenvalue weighted by Crippen LogP contribution is 2.17. The number of amides is 2. The number of rotatable bonds is 12. The van der Waals surface area contributed by atoms with Gasteiger partial charge >= 0.3 is 0 Å². The van der Waals surface area contributed by atoms with Crippen LogP contribution in [0.15, 0.2) is 52.0 Å². The van der Waals surface area contributed by atoms with Crippen LogP contribution in [0, 0.1) is 0 Å². The Morgan fingerprint density at radius 1 is 1.15 bits per heavy atom. The van der Waals surface area contributed by atoms with Crippen LogP contribution < -0.4 is 10.0 Å². The van der Waals surface area contributed by atoms with Gasteiger partial charge < -0.3 is 14.6 Å². The number of halogens is 1. The van der Waals surface area contributed by atoms with Gasteiger partial charge in [-0.05, 0) is 63.1 Å². The topological polar surface area (TPSA) is 109 Å². The fourth-order valence-electron chi connectivity index (χ4n) is 3.11. The predicted molar refractivity (Wildman–Crippen MR) is 127 cm³/mol. The Morgan fingerprint density at radius 3 is 2.36 bits per heavy atom. The first-order valence-corrected chi connectivity index (χ1v) is 12.7. The molecule has 0 fully saturated rings. The maximum atomic E-state index is 13.2. The highest BCUT2D eigenvalue weighted by Gasteiger charge is 2.33. The second-order valence-electron chi connectivity index (χ2n) is 8.41. The van der Waals surface area contributed by atoms with Crippen LogP contribution in [-0.4, -0.2) is 43.3 Å². The van der Waals surface area contributed by atoms with Crippen LogP contribution in [0.3, 0.4) is 0 Å². The minimum absolute atomic E-state index is 0.00942. The fraction of sp³-hybridized carbons (Fsp3) is 0.478. The lowest BCUT2D eigenvalue weighted by Gasteiger charge is -2.34. The van der Waals surface area contributed by atoms with Crippen LogP contribution in [0.1, 0.15) is 52.7 Å². The van der Waals surface area contributed by atoms with Gasteiger partial charge in [0.05, 0.1) is 24.2 Å². The Balaban J connectivity index is 2.25. The zero-order valence-electron chi connectivity index (χ0n) is 19.4. The van der Waals surface area contributed by atoms with Crippen LogP contribution in [0.25, 0.3) is 0 Å². The van der Waals surface area contributed by atoms with E-state index >= 15 is 0 Å². The third kappa shape index (κ3) is 7.87. The lowest BCUT2D eigenvalue weighted by atomic mass is 10.00. The smallest absolute Gasteiger partial charge is 0.243 e. The molecule has 2 amide bonds.